The largest absolute Gasteiger partial charge is 0.343 e. The Morgan fingerprint density at radius 1 is 1.00 bits per heavy atom. The third-order valence-corrected chi connectivity index (χ3v) is 3.73. The van der Waals surface area contributed by atoms with Crippen LogP contribution in [-0.4, -0.2) is 4.57 Å². The van der Waals surface area contributed by atoms with E-state index in [-0.39, 0.29) is 0 Å². The van der Waals surface area contributed by atoms with Crippen LogP contribution in [0.1, 0.15) is 23.6 Å². The van der Waals surface area contributed by atoms with Gasteiger partial charge in [0.05, 0.1) is 17.1 Å². The van der Waals surface area contributed by atoms with Crippen molar-refractivity contribution in [1.82, 2.24) is 4.57 Å². The predicted octanol–water partition coefficient (Wildman–Crippen LogP) is 4.12. The van der Waals surface area contributed by atoms with E-state index in [1.54, 1.807) is 0 Å². The van der Waals surface area contributed by atoms with Gasteiger partial charge in [0.15, 0.2) is 0 Å². The first-order valence-electron chi connectivity index (χ1n) is 6.88. The normalized spacial score (nSPS) is 10.6. The second kappa shape index (κ2) is 5.22. The molecule has 0 saturated heterocycles. The molecule has 0 aliphatic carbocycles. The predicted molar refractivity (Wildman–Crippen MR) is 81.6 cm³/mol. The van der Waals surface area contributed by atoms with Gasteiger partial charge in [-0.15, -0.1) is 0 Å². The summed E-state index contributed by atoms with van der Waals surface area (Å²) in [6.45, 7) is 2.92. The van der Waals surface area contributed by atoms with Crippen molar-refractivity contribution in [3.63, 3.8) is 0 Å². The quantitative estimate of drug-likeness (QED) is 0.696. The molecular formula is C18H16N2. The number of nitrogens with zero attached hydrogens (tertiary/aromatic N) is 2. The van der Waals surface area contributed by atoms with Crippen molar-refractivity contribution in [3.8, 4) is 6.07 Å². The van der Waals surface area contributed by atoms with Gasteiger partial charge in [-0.3, -0.25) is 0 Å². The summed E-state index contributed by atoms with van der Waals surface area (Å²) in [5, 5.41) is 10.5. The lowest BCUT2D eigenvalue weighted by Gasteiger charge is -2.10. The zero-order valence-electron chi connectivity index (χ0n) is 11.5. The van der Waals surface area contributed by atoms with Crippen molar-refractivity contribution in [3.05, 3.63) is 71.4 Å². The van der Waals surface area contributed by atoms with E-state index < -0.39 is 0 Å². The van der Waals surface area contributed by atoms with Crippen LogP contribution in [-0.2, 0) is 13.0 Å². The summed E-state index contributed by atoms with van der Waals surface area (Å²) >= 11 is 0. The molecule has 3 aromatic rings. The number of hydrogen-bond acceptors (Lipinski definition) is 1. The summed E-state index contributed by atoms with van der Waals surface area (Å²) in [6.07, 6.45) is 3.12. The Hall–Kier alpha value is -2.53. The van der Waals surface area contributed by atoms with Crippen LogP contribution in [0.15, 0.2) is 54.7 Å². The van der Waals surface area contributed by atoms with Gasteiger partial charge in [0.2, 0.25) is 0 Å². The first-order valence-corrected chi connectivity index (χ1v) is 6.88. The monoisotopic (exact) mass is 260 g/mol. The highest BCUT2D eigenvalue weighted by molar-refractivity contribution is 5.83. The molecule has 0 spiro atoms. The fraction of sp³-hybridized carbons (Fsp3) is 0.167. The fourth-order valence-electron chi connectivity index (χ4n) is 2.71. The van der Waals surface area contributed by atoms with E-state index in [0.29, 0.717) is 0 Å². The maximum Gasteiger partial charge on any atom is 0.0995 e. The zero-order chi connectivity index (χ0) is 13.9. The van der Waals surface area contributed by atoms with Gasteiger partial charge in [0.25, 0.3) is 0 Å². The van der Waals surface area contributed by atoms with Gasteiger partial charge in [0, 0.05) is 12.7 Å². The second-order valence-corrected chi connectivity index (χ2v) is 4.92. The molecule has 2 nitrogen and oxygen atoms in total. The van der Waals surface area contributed by atoms with Crippen molar-refractivity contribution >= 4 is 10.9 Å². The Kier molecular flexibility index (Phi) is 3.26. The Labute approximate surface area is 118 Å². The van der Waals surface area contributed by atoms with Crippen LogP contribution in [0.3, 0.4) is 0 Å². The molecule has 0 radical (unpaired) electrons. The minimum absolute atomic E-state index is 0.740. The molecule has 0 N–H and O–H groups in total. The minimum atomic E-state index is 0.740. The van der Waals surface area contributed by atoms with E-state index in [9.17, 15) is 5.26 Å². The molecule has 1 aromatic heterocycles. The number of benzene rings is 2. The Balaban J connectivity index is 2.10. The molecule has 0 aliphatic heterocycles. The summed E-state index contributed by atoms with van der Waals surface area (Å²) in [5.74, 6) is 0. The minimum Gasteiger partial charge on any atom is -0.343 e. The van der Waals surface area contributed by atoms with Gasteiger partial charge >= 0.3 is 0 Å². The molecule has 1 heterocycles. The van der Waals surface area contributed by atoms with E-state index in [1.807, 2.05) is 24.3 Å². The molecule has 0 fully saturated rings. The first-order chi connectivity index (χ1) is 9.83. The van der Waals surface area contributed by atoms with Gasteiger partial charge in [-0.2, -0.15) is 5.26 Å². The number of para-hydroxylation sites is 1. The summed E-state index contributed by atoms with van der Waals surface area (Å²) in [6, 6.07) is 18.6. The maximum atomic E-state index is 9.20. The van der Waals surface area contributed by atoms with Crippen LogP contribution in [0, 0.1) is 11.3 Å². The topological polar surface area (TPSA) is 28.7 Å². The molecule has 0 amide bonds. The molecule has 0 bridgehead atoms. The molecule has 3 rings (SSSR count). The number of fused-ring (bicyclic) bond motifs is 1. The summed E-state index contributed by atoms with van der Waals surface area (Å²) in [4.78, 5) is 0. The van der Waals surface area contributed by atoms with Gasteiger partial charge < -0.3 is 4.57 Å². The van der Waals surface area contributed by atoms with Crippen molar-refractivity contribution in [2.45, 2.75) is 19.9 Å². The molecule has 0 atom stereocenters. The number of nitriles is 1. The van der Waals surface area contributed by atoms with Crippen LogP contribution < -0.4 is 0 Å². The maximum absolute atomic E-state index is 9.20. The summed E-state index contributed by atoms with van der Waals surface area (Å²) < 4.78 is 2.24. The van der Waals surface area contributed by atoms with Crippen molar-refractivity contribution < 1.29 is 0 Å². The Morgan fingerprint density at radius 2 is 1.80 bits per heavy atom. The van der Waals surface area contributed by atoms with Crippen LogP contribution in [0.5, 0.6) is 0 Å². The van der Waals surface area contributed by atoms with Gasteiger partial charge in [-0.25, -0.2) is 0 Å². The lowest BCUT2D eigenvalue weighted by Crippen LogP contribution is -2.01. The van der Waals surface area contributed by atoms with E-state index in [4.69, 9.17) is 0 Å². The molecule has 0 aliphatic rings. The van der Waals surface area contributed by atoms with Gasteiger partial charge in [-0.1, -0.05) is 43.3 Å². The third kappa shape index (κ3) is 2.08. The number of rotatable bonds is 3. The van der Waals surface area contributed by atoms with Crippen LogP contribution in [0.2, 0.25) is 0 Å². The molecule has 20 heavy (non-hydrogen) atoms. The summed E-state index contributed by atoms with van der Waals surface area (Å²) in [7, 11) is 0. The van der Waals surface area contributed by atoms with Gasteiger partial charge in [0.1, 0.15) is 0 Å². The van der Waals surface area contributed by atoms with Gasteiger partial charge in [-0.05, 0) is 35.1 Å². The standard InChI is InChI=1S/C18H16N2/c1-2-14-8-5-9-15-10-11-20(18(14)15)13-17-7-4-3-6-16(17)12-19/h3-11H,2,13H2,1H3. The zero-order valence-corrected chi connectivity index (χ0v) is 11.5. The fourth-order valence-corrected chi connectivity index (χ4v) is 2.71. The first kappa shape index (κ1) is 12.5. The van der Waals surface area contributed by atoms with Crippen molar-refractivity contribution in [2.24, 2.45) is 0 Å². The molecule has 2 heteroatoms. The average Bonchev–Trinajstić information content (AvgIpc) is 2.91. The molecule has 0 unspecified atom stereocenters. The summed E-state index contributed by atoms with van der Waals surface area (Å²) in [5.41, 5.74) is 4.45. The number of hydrogen-bond donors (Lipinski definition) is 0. The second-order valence-electron chi connectivity index (χ2n) is 4.92. The molecule has 98 valence electrons. The third-order valence-electron chi connectivity index (χ3n) is 3.73. The molecular weight excluding hydrogens is 244 g/mol. The van der Waals surface area contributed by atoms with E-state index in [2.05, 4.69) is 48.0 Å². The van der Waals surface area contributed by atoms with E-state index in [1.165, 1.54) is 16.5 Å². The average molecular weight is 260 g/mol. The highest BCUT2D eigenvalue weighted by Crippen LogP contribution is 2.22. The molecule has 2 aromatic carbocycles. The highest BCUT2D eigenvalue weighted by Gasteiger charge is 2.07. The lowest BCUT2D eigenvalue weighted by atomic mass is 10.1. The van der Waals surface area contributed by atoms with Crippen molar-refractivity contribution in [1.29, 1.82) is 5.26 Å². The van der Waals surface area contributed by atoms with Crippen LogP contribution in [0.4, 0.5) is 0 Å². The smallest absolute Gasteiger partial charge is 0.0995 e. The number of aromatic nitrogens is 1. The Bertz CT molecular complexity index is 791. The highest BCUT2D eigenvalue weighted by atomic mass is 15.0. The van der Waals surface area contributed by atoms with E-state index >= 15 is 0 Å². The van der Waals surface area contributed by atoms with Crippen LogP contribution >= 0.6 is 0 Å². The molecule has 0 saturated carbocycles. The number of aryl methyl sites for hydroxylation is 1. The van der Waals surface area contributed by atoms with Crippen molar-refractivity contribution in [2.75, 3.05) is 0 Å². The SMILES string of the molecule is CCc1cccc2ccn(Cc3ccccc3C#N)c12. The Morgan fingerprint density at radius 3 is 2.60 bits per heavy atom. The lowest BCUT2D eigenvalue weighted by molar-refractivity contribution is 0.829. The van der Waals surface area contributed by atoms with E-state index in [0.717, 1.165) is 24.1 Å². The van der Waals surface area contributed by atoms with Crippen LogP contribution in [0.25, 0.3) is 10.9 Å².